The molecule has 0 aliphatic rings. The first-order chi connectivity index (χ1) is 9.64. The molecule has 0 N–H and O–H groups in total. The molecule has 0 aliphatic heterocycles. The molecule has 0 aliphatic carbocycles. The van der Waals surface area contributed by atoms with E-state index in [0.29, 0.717) is 11.0 Å². The van der Waals surface area contributed by atoms with Gasteiger partial charge < -0.3 is 0 Å². The molecule has 0 atom stereocenters. The summed E-state index contributed by atoms with van der Waals surface area (Å²) in [7, 11) is -3.62. The molecule has 0 saturated heterocycles. The van der Waals surface area contributed by atoms with E-state index in [1.54, 1.807) is 48.8 Å². The molecule has 2 aromatic heterocycles. The van der Waals surface area contributed by atoms with Crippen LogP contribution in [-0.4, -0.2) is 17.4 Å². The van der Waals surface area contributed by atoms with Crippen molar-refractivity contribution in [1.29, 1.82) is 0 Å². The van der Waals surface area contributed by atoms with E-state index in [-0.39, 0.29) is 4.90 Å². The maximum absolute atomic E-state index is 12.7. The summed E-state index contributed by atoms with van der Waals surface area (Å²) in [5.74, 6) is 0. The van der Waals surface area contributed by atoms with Crippen molar-refractivity contribution in [3.05, 3.63) is 60.4 Å². The zero-order chi connectivity index (χ0) is 14.2. The van der Waals surface area contributed by atoms with E-state index < -0.39 is 10.0 Å². The largest absolute Gasteiger partial charge is 0.269 e. The molecular formula is C14H11BrN2O2S. The van der Waals surface area contributed by atoms with Crippen LogP contribution in [0.2, 0.25) is 0 Å². The number of halogens is 1. The van der Waals surface area contributed by atoms with E-state index in [2.05, 4.69) is 20.9 Å². The van der Waals surface area contributed by atoms with Gasteiger partial charge in [-0.1, -0.05) is 34.1 Å². The average Bonchev–Trinajstić information content (AvgIpc) is 2.88. The second-order valence-corrected chi connectivity index (χ2v) is 6.65. The lowest BCUT2D eigenvalue weighted by molar-refractivity contribution is 0.588. The minimum atomic E-state index is -3.62. The Morgan fingerprint density at radius 3 is 2.55 bits per heavy atom. The zero-order valence-corrected chi connectivity index (χ0v) is 12.8. The van der Waals surface area contributed by atoms with Crippen LogP contribution in [0.1, 0.15) is 5.56 Å². The predicted molar refractivity (Wildman–Crippen MR) is 81.4 cm³/mol. The Hall–Kier alpha value is -1.66. The van der Waals surface area contributed by atoms with E-state index in [1.807, 2.05) is 6.07 Å². The van der Waals surface area contributed by atoms with Crippen LogP contribution < -0.4 is 0 Å². The van der Waals surface area contributed by atoms with Crippen LogP contribution in [0.25, 0.3) is 11.0 Å². The second kappa shape index (κ2) is 5.03. The fourth-order valence-corrected chi connectivity index (χ4v) is 3.91. The Morgan fingerprint density at radius 1 is 1.10 bits per heavy atom. The van der Waals surface area contributed by atoms with E-state index in [4.69, 9.17) is 0 Å². The maximum Gasteiger partial charge on any atom is 0.269 e. The summed E-state index contributed by atoms with van der Waals surface area (Å²) < 4.78 is 26.6. The van der Waals surface area contributed by atoms with Crippen LogP contribution in [-0.2, 0) is 15.4 Å². The summed E-state index contributed by atoms with van der Waals surface area (Å²) in [5, 5.41) is 1.41. The lowest BCUT2D eigenvalue weighted by Gasteiger charge is -2.06. The van der Waals surface area contributed by atoms with Crippen molar-refractivity contribution in [1.82, 2.24) is 8.96 Å². The topological polar surface area (TPSA) is 52.0 Å². The van der Waals surface area contributed by atoms with Gasteiger partial charge in [-0.25, -0.2) is 17.4 Å². The third-order valence-corrected chi connectivity index (χ3v) is 5.33. The highest BCUT2D eigenvalue weighted by molar-refractivity contribution is 9.08. The number of benzene rings is 1. The molecule has 6 heteroatoms. The first kappa shape index (κ1) is 13.3. The number of hydrogen-bond donors (Lipinski definition) is 0. The number of rotatable bonds is 3. The lowest BCUT2D eigenvalue weighted by atomic mass is 10.2. The number of nitrogens with zero attached hydrogens (tertiary/aromatic N) is 2. The van der Waals surface area contributed by atoms with Gasteiger partial charge in [0.05, 0.1) is 4.90 Å². The average molecular weight is 351 g/mol. The molecule has 0 unspecified atom stereocenters. The van der Waals surface area contributed by atoms with Gasteiger partial charge in [0.2, 0.25) is 0 Å². The van der Waals surface area contributed by atoms with Crippen molar-refractivity contribution in [3.8, 4) is 0 Å². The molecule has 2 heterocycles. The minimum Gasteiger partial charge on any atom is -0.237 e. The SMILES string of the molecule is O=S(=O)(c1ccccc1)n1cc(CBr)c2cccnc21. The molecule has 3 rings (SSSR count). The van der Waals surface area contributed by atoms with Gasteiger partial charge in [0.15, 0.2) is 5.65 Å². The summed E-state index contributed by atoms with van der Waals surface area (Å²) in [6.45, 7) is 0. The third kappa shape index (κ3) is 2.05. The third-order valence-electron chi connectivity index (χ3n) is 3.06. The van der Waals surface area contributed by atoms with Crippen LogP contribution in [0.3, 0.4) is 0 Å². The smallest absolute Gasteiger partial charge is 0.237 e. The van der Waals surface area contributed by atoms with Crippen LogP contribution in [0, 0.1) is 0 Å². The van der Waals surface area contributed by atoms with Crippen LogP contribution >= 0.6 is 15.9 Å². The van der Waals surface area contributed by atoms with Crippen molar-refractivity contribution in [3.63, 3.8) is 0 Å². The zero-order valence-electron chi connectivity index (χ0n) is 10.4. The Morgan fingerprint density at radius 2 is 1.85 bits per heavy atom. The van der Waals surface area contributed by atoms with E-state index in [0.717, 1.165) is 10.9 Å². The summed E-state index contributed by atoms with van der Waals surface area (Å²) in [6.07, 6.45) is 3.21. The molecule has 0 radical (unpaired) electrons. The number of fused-ring (bicyclic) bond motifs is 1. The summed E-state index contributed by atoms with van der Waals surface area (Å²) in [5.41, 5.74) is 1.35. The van der Waals surface area contributed by atoms with Gasteiger partial charge in [0, 0.05) is 23.1 Å². The highest BCUT2D eigenvalue weighted by Gasteiger charge is 2.21. The van der Waals surface area contributed by atoms with Gasteiger partial charge in [-0.3, -0.25) is 0 Å². The predicted octanol–water partition coefficient (Wildman–Crippen LogP) is 3.17. The van der Waals surface area contributed by atoms with Crippen LogP contribution in [0.4, 0.5) is 0 Å². The van der Waals surface area contributed by atoms with Gasteiger partial charge in [0.1, 0.15) is 0 Å². The fourth-order valence-electron chi connectivity index (χ4n) is 2.09. The van der Waals surface area contributed by atoms with Crippen molar-refractivity contribution in [2.24, 2.45) is 0 Å². The van der Waals surface area contributed by atoms with E-state index in [9.17, 15) is 8.42 Å². The van der Waals surface area contributed by atoms with Gasteiger partial charge in [-0.15, -0.1) is 0 Å². The molecule has 0 amide bonds. The summed E-state index contributed by atoms with van der Waals surface area (Å²) in [6, 6.07) is 12.0. The maximum atomic E-state index is 12.7. The minimum absolute atomic E-state index is 0.253. The van der Waals surface area contributed by atoms with E-state index in [1.165, 1.54) is 3.97 Å². The molecule has 0 spiro atoms. The Labute approximate surface area is 125 Å². The highest BCUT2D eigenvalue weighted by atomic mass is 79.9. The molecule has 3 aromatic rings. The normalized spacial score (nSPS) is 11.8. The van der Waals surface area contributed by atoms with Crippen LogP contribution in [0.5, 0.6) is 0 Å². The molecule has 0 saturated carbocycles. The highest BCUT2D eigenvalue weighted by Crippen LogP contribution is 2.25. The summed E-state index contributed by atoms with van der Waals surface area (Å²) in [4.78, 5) is 4.46. The van der Waals surface area contributed by atoms with Crippen molar-refractivity contribution < 1.29 is 8.42 Å². The first-order valence-electron chi connectivity index (χ1n) is 5.96. The molecular weight excluding hydrogens is 340 g/mol. The van der Waals surface area contributed by atoms with Crippen LogP contribution in [0.15, 0.2) is 59.8 Å². The van der Waals surface area contributed by atoms with Crippen molar-refractivity contribution >= 4 is 37.0 Å². The van der Waals surface area contributed by atoms with Gasteiger partial charge in [0.25, 0.3) is 10.0 Å². The quantitative estimate of drug-likeness (QED) is 0.681. The van der Waals surface area contributed by atoms with Gasteiger partial charge in [-0.2, -0.15) is 0 Å². The van der Waals surface area contributed by atoms with Crippen molar-refractivity contribution in [2.75, 3.05) is 0 Å². The fraction of sp³-hybridized carbons (Fsp3) is 0.0714. The lowest BCUT2D eigenvalue weighted by Crippen LogP contribution is -2.12. The second-order valence-electron chi connectivity index (χ2n) is 4.28. The van der Waals surface area contributed by atoms with Gasteiger partial charge >= 0.3 is 0 Å². The molecule has 4 nitrogen and oxygen atoms in total. The number of pyridine rings is 1. The number of aromatic nitrogens is 2. The van der Waals surface area contributed by atoms with E-state index >= 15 is 0 Å². The molecule has 0 fully saturated rings. The summed E-state index contributed by atoms with van der Waals surface area (Å²) >= 11 is 3.38. The molecule has 0 bridgehead atoms. The van der Waals surface area contributed by atoms with Gasteiger partial charge in [-0.05, 0) is 29.8 Å². The molecule has 20 heavy (non-hydrogen) atoms. The Bertz CT molecular complexity index is 857. The standard InChI is InChI=1S/C14H11BrN2O2S/c15-9-11-10-17(14-13(11)7-4-8-16-14)20(18,19)12-5-2-1-3-6-12/h1-8,10H,9H2. The Kier molecular flexibility index (Phi) is 3.35. The molecule has 102 valence electrons. The number of alkyl halides is 1. The number of hydrogen-bond acceptors (Lipinski definition) is 3. The Balaban J connectivity index is 2.30. The first-order valence-corrected chi connectivity index (χ1v) is 8.52. The monoisotopic (exact) mass is 350 g/mol. The molecule has 1 aromatic carbocycles. The van der Waals surface area contributed by atoms with Crippen molar-refractivity contribution in [2.45, 2.75) is 10.2 Å².